The third-order valence-corrected chi connectivity index (χ3v) is 2.48. The van der Waals surface area contributed by atoms with E-state index in [2.05, 4.69) is 9.97 Å². The molecule has 2 rings (SSSR count). The van der Waals surface area contributed by atoms with E-state index < -0.39 is 11.7 Å². The van der Waals surface area contributed by atoms with Crippen LogP contribution >= 0.6 is 11.6 Å². The molecule has 0 saturated carbocycles. The van der Waals surface area contributed by atoms with Crippen molar-refractivity contribution in [3.05, 3.63) is 58.6 Å². The highest BCUT2D eigenvalue weighted by molar-refractivity contribution is 6.29. The molecule has 0 unspecified atom stereocenters. The van der Waals surface area contributed by atoms with Crippen LogP contribution in [0, 0.1) is 0 Å². The van der Waals surface area contributed by atoms with E-state index in [9.17, 15) is 13.2 Å². The zero-order valence-corrected chi connectivity index (χ0v) is 9.83. The van der Waals surface area contributed by atoms with Gasteiger partial charge in [-0.3, -0.25) is 4.98 Å². The van der Waals surface area contributed by atoms with E-state index in [4.69, 9.17) is 11.6 Å². The van der Waals surface area contributed by atoms with Crippen LogP contribution in [0.25, 0.3) is 0 Å². The fourth-order valence-corrected chi connectivity index (χ4v) is 1.74. The smallest absolute Gasteiger partial charge is 0.264 e. The van der Waals surface area contributed by atoms with Crippen LogP contribution in [-0.4, -0.2) is 9.97 Å². The van der Waals surface area contributed by atoms with Crippen molar-refractivity contribution < 1.29 is 13.2 Å². The van der Waals surface area contributed by atoms with E-state index in [0.29, 0.717) is 0 Å². The van der Waals surface area contributed by atoms with E-state index in [1.54, 1.807) is 24.5 Å². The van der Waals surface area contributed by atoms with E-state index in [1.807, 2.05) is 0 Å². The van der Waals surface area contributed by atoms with Crippen LogP contribution in [0.2, 0.25) is 5.15 Å². The zero-order chi connectivity index (χ0) is 13.2. The van der Waals surface area contributed by atoms with E-state index >= 15 is 0 Å². The van der Waals surface area contributed by atoms with Gasteiger partial charge in [-0.05, 0) is 23.8 Å². The number of hydrogen-bond acceptors (Lipinski definition) is 2. The maximum atomic E-state index is 12.6. The minimum absolute atomic E-state index is 0.163. The molecule has 2 nitrogen and oxygen atoms in total. The molecule has 94 valence electrons. The monoisotopic (exact) mass is 272 g/mol. The van der Waals surface area contributed by atoms with Crippen molar-refractivity contribution in [3.8, 4) is 0 Å². The predicted molar refractivity (Wildman–Crippen MR) is 61.3 cm³/mol. The molecule has 2 aromatic heterocycles. The van der Waals surface area contributed by atoms with Crippen LogP contribution in [0.4, 0.5) is 13.2 Å². The average molecular weight is 273 g/mol. The fraction of sp³-hybridized carbons (Fsp3) is 0.167. The summed E-state index contributed by atoms with van der Waals surface area (Å²) >= 11 is 5.60. The molecule has 0 aliphatic rings. The Balaban J connectivity index is 2.32. The van der Waals surface area contributed by atoms with Gasteiger partial charge in [-0.15, -0.1) is 0 Å². The highest BCUT2D eigenvalue weighted by Crippen LogP contribution is 2.31. The second-order valence-corrected chi connectivity index (χ2v) is 4.09. The molecular formula is C12H8ClF3N2. The molecule has 0 amide bonds. The predicted octanol–water partition coefficient (Wildman–Crippen LogP) is 3.74. The Morgan fingerprint density at radius 3 is 2.61 bits per heavy atom. The van der Waals surface area contributed by atoms with Crippen molar-refractivity contribution in [2.75, 3.05) is 0 Å². The number of rotatable bonds is 2. The molecule has 0 spiro atoms. The lowest BCUT2D eigenvalue weighted by atomic mass is 10.1. The number of hydrogen-bond donors (Lipinski definition) is 0. The average Bonchev–Trinajstić information content (AvgIpc) is 2.28. The quantitative estimate of drug-likeness (QED) is 0.778. The van der Waals surface area contributed by atoms with E-state index in [1.165, 1.54) is 0 Å². The first-order valence-electron chi connectivity index (χ1n) is 5.08. The molecule has 2 heterocycles. The Morgan fingerprint density at radius 2 is 2.00 bits per heavy atom. The molecule has 0 bridgehead atoms. The minimum atomic E-state index is -4.42. The summed E-state index contributed by atoms with van der Waals surface area (Å²) in [6.45, 7) is 0. The van der Waals surface area contributed by atoms with Gasteiger partial charge in [0.2, 0.25) is 0 Å². The first kappa shape index (κ1) is 12.8. The fourth-order valence-electron chi connectivity index (χ4n) is 1.52. The maximum absolute atomic E-state index is 12.6. The molecule has 6 heteroatoms. The number of nitrogens with zero attached hydrogens (tertiary/aromatic N) is 2. The van der Waals surface area contributed by atoms with Crippen LogP contribution in [0.15, 0.2) is 36.7 Å². The molecule has 0 aliphatic carbocycles. The Hall–Kier alpha value is -1.62. The Morgan fingerprint density at radius 1 is 1.22 bits per heavy atom. The first-order valence-corrected chi connectivity index (χ1v) is 5.45. The van der Waals surface area contributed by atoms with Gasteiger partial charge in [0.05, 0.1) is 5.56 Å². The molecule has 0 aromatic carbocycles. The maximum Gasteiger partial charge on any atom is 0.416 e. The van der Waals surface area contributed by atoms with Gasteiger partial charge in [0.1, 0.15) is 5.15 Å². The standard InChI is InChI=1S/C12H8ClF3N2/c13-11-6-9(12(14,15)16)5-10(18-11)4-8-2-1-3-17-7-8/h1-3,5-7H,4H2. The summed E-state index contributed by atoms with van der Waals surface area (Å²) in [4.78, 5) is 7.77. The highest BCUT2D eigenvalue weighted by Gasteiger charge is 2.31. The van der Waals surface area contributed by atoms with Crippen molar-refractivity contribution in [1.29, 1.82) is 0 Å². The Labute approximate surface area is 106 Å². The number of aromatic nitrogens is 2. The number of pyridine rings is 2. The molecule has 0 fully saturated rings. The second-order valence-electron chi connectivity index (χ2n) is 3.71. The lowest BCUT2D eigenvalue weighted by Gasteiger charge is -2.09. The largest absolute Gasteiger partial charge is 0.416 e. The highest BCUT2D eigenvalue weighted by atomic mass is 35.5. The summed E-state index contributed by atoms with van der Waals surface area (Å²) in [5, 5.41) is -0.163. The zero-order valence-electron chi connectivity index (χ0n) is 9.08. The van der Waals surface area contributed by atoms with Gasteiger partial charge in [-0.1, -0.05) is 17.7 Å². The molecule has 18 heavy (non-hydrogen) atoms. The summed E-state index contributed by atoms with van der Waals surface area (Å²) < 4.78 is 37.8. The molecule has 0 N–H and O–H groups in total. The SMILES string of the molecule is FC(F)(F)c1cc(Cl)nc(Cc2cccnc2)c1. The van der Waals surface area contributed by atoms with Crippen LogP contribution in [0.1, 0.15) is 16.8 Å². The van der Waals surface area contributed by atoms with Crippen LogP contribution in [-0.2, 0) is 12.6 Å². The Bertz CT molecular complexity index is 541. The Kier molecular flexibility index (Phi) is 3.52. The first-order chi connectivity index (χ1) is 8.45. The molecule has 0 aliphatic heterocycles. The molecule has 2 aromatic rings. The molecule has 0 saturated heterocycles. The molecule has 0 atom stereocenters. The molecular weight excluding hydrogens is 265 g/mol. The summed E-state index contributed by atoms with van der Waals surface area (Å²) in [6, 6.07) is 5.29. The van der Waals surface area contributed by atoms with Gasteiger partial charge in [-0.25, -0.2) is 4.98 Å². The van der Waals surface area contributed by atoms with Gasteiger partial charge in [0.15, 0.2) is 0 Å². The summed E-state index contributed by atoms with van der Waals surface area (Å²) in [5.41, 5.74) is 0.254. The van der Waals surface area contributed by atoms with Gasteiger partial charge in [-0.2, -0.15) is 13.2 Å². The van der Waals surface area contributed by atoms with Gasteiger partial charge in [0, 0.05) is 24.5 Å². The topological polar surface area (TPSA) is 25.8 Å². The third-order valence-electron chi connectivity index (χ3n) is 2.28. The van der Waals surface area contributed by atoms with Crippen molar-refractivity contribution in [2.24, 2.45) is 0 Å². The lowest BCUT2D eigenvalue weighted by molar-refractivity contribution is -0.137. The lowest BCUT2D eigenvalue weighted by Crippen LogP contribution is -2.07. The minimum Gasteiger partial charge on any atom is -0.264 e. The summed E-state index contributed by atoms with van der Waals surface area (Å²) in [6.07, 6.45) is -0.986. The van der Waals surface area contributed by atoms with Crippen LogP contribution in [0.3, 0.4) is 0 Å². The van der Waals surface area contributed by atoms with E-state index in [-0.39, 0.29) is 17.3 Å². The van der Waals surface area contributed by atoms with Crippen LogP contribution < -0.4 is 0 Å². The van der Waals surface area contributed by atoms with Crippen molar-refractivity contribution in [3.63, 3.8) is 0 Å². The van der Waals surface area contributed by atoms with E-state index in [0.717, 1.165) is 17.7 Å². The normalized spacial score (nSPS) is 11.6. The molecule has 0 radical (unpaired) electrons. The number of alkyl halides is 3. The van der Waals surface area contributed by atoms with Crippen LogP contribution in [0.5, 0.6) is 0 Å². The third kappa shape index (κ3) is 3.20. The van der Waals surface area contributed by atoms with Crippen molar-refractivity contribution in [1.82, 2.24) is 9.97 Å². The summed E-state index contributed by atoms with van der Waals surface area (Å²) in [5.74, 6) is 0. The van der Waals surface area contributed by atoms with Gasteiger partial charge < -0.3 is 0 Å². The second kappa shape index (κ2) is 4.94. The van der Waals surface area contributed by atoms with Gasteiger partial charge in [0.25, 0.3) is 0 Å². The number of halogens is 4. The summed E-state index contributed by atoms with van der Waals surface area (Å²) in [7, 11) is 0. The van der Waals surface area contributed by atoms with Crippen molar-refractivity contribution in [2.45, 2.75) is 12.6 Å². The van der Waals surface area contributed by atoms with Gasteiger partial charge >= 0.3 is 6.18 Å². The van der Waals surface area contributed by atoms with Crippen molar-refractivity contribution >= 4 is 11.6 Å².